The Bertz CT molecular complexity index is 286. The minimum absolute atomic E-state index is 0.200. The molecule has 1 aliphatic carbocycles. The molecule has 104 valence electrons. The average Bonchev–Trinajstić information content (AvgIpc) is 2.64. The quantitative estimate of drug-likeness (QED) is 0.729. The van der Waals surface area contributed by atoms with Gasteiger partial charge in [0.15, 0.2) is 0 Å². The lowest BCUT2D eigenvalue weighted by atomic mass is 9.78. The monoisotopic (exact) mass is 254 g/mol. The van der Waals surface area contributed by atoms with Gasteiger partial charge in [-0.3, -0.25) is 4.79 Å². The van der Waals surface area contributed by atoms with Gasteiger partial charge in [-0.05, 0) is 25.7 Å². The van der Waals surface area contributed by atoms with Crippen molar-refractivity contribution in [2.75, 3.05) is 19.6 Å². The topological polar surface area (TPSA) is 66.6 Å². The van der Waals surface area contributed by atoms with Crippen LogP contribution in [0.25, 0.3) is 0 Å². The lowest BCUT2D eigenvalue weighted by Crippen LogP contribution is -2.52. The van der Waals surface area contributed by atoms with Crippen LogP contribution in [-0.4, -0.2) is 41.7 Å². The molecular weight excluding hydrogens is 228 g/mol. The number of piperidine rings is 1. The number of β-amino-alcohol motifs (C(OH)–C–C–N with tert-alkyl or cyclic N) is 1. The molecule has 0 aromatic rings. The molecule has 2 rings (SSSR count). The molecule has 1 saturated heterocycles. The first kappa shape index (κ1) is 13.8. The summed E-state index contributed by atoms with van der Waals surface area (Å²) in [4.78, 5) is 14.6. The number of carbonyl (C=O) groups excluding carboxylic acids is 1. The van der Waals surface area contributed by atoms with Crippen LogP contribution in [0, 0.1) is 5.41 Å². The van der Waals surface area contributed by atoms with Crippen molar-refractivity contribution in [2.45, 2.75) is 57.5 Å². The normalized spacial score (nSPS) is 28.8. The Labute approximate surface area is 110 Å². The summed E-state index contributed by atoms with van der Waals surface area (Å²) in [5.74, 6) is 0.200. The van der Waals surface area contributed by atoms with E-state index in [1.54, 1.807) is 0 Å². The average molecular weight is 254 g/mol. The highest BCUT2D eigenvalue weighted by molar-refractivity contribution is 5.83. The molecule has 1 atom stereocenters. The maximum Gasteiger partial charge on any atom is 0.230 e. The zero-order valence-corrected chi connectivity index (χ0v) is 11.2. The maximum absolute atomic E-state index is 12.7. The smallest absolute Gasteiger partial charge is 0.230 e. The van der Waals surface area contributed by atoms with Gasteiger partial charge in [-0.15, -0.1) is 0 Å². The van der Waals surface area contributed by atoms with Crippen LogP contribution in [0.2, 0.25) is 0 Å². The van der Waals surface area contributed by atoms with Gasteiger partial charge in [0.05, 0.1) is 11.5 Å². The van der Waals surface area contributed by atoms with E-state index in [4.69, 9.17) is 5.73 Å². The number of amides is 1. The fourth-order valence-corrected chi connectivity index (χ4v) is 3.39. The summed E-state index contributed by atoms with van der Waals surface area (Å²) in [6.07, 6.45) is 7.90. The van der Waals surface area contributed by atoms with Crippen LogP contribution in [0.4, 0.5) is 0 Å². The maximum atomic E-state index is 12.7. The van der Waals surface area contributed by atoms with Crippen molar-refractivity contribution >= 4 is 5.91 Å². The van der Waals surface area contributed by atoms with Crippen LogP contribution in [-0.2, 0) is 4.79 Å². The number of carbonyl (C=O) groups is 1. The van der Waals surface area contributed by atoms with Crippen LogP contribution in [0.1, 0.15) is 51.4 Å². The molecule has 1 aliphatic heterocycles. The zero-order valence-electron chi connectivity index (χ0n) is 11.2. The molecule has 4 nitrogen and oxygen atoms in total. The first-order valence-electron chi connectivity index (χ1n) is 7.35. The Hall–Kier alpha value is -0.610. The summed E-state index contributed by atoms with van der Waals surface area (Å²) >= 11 is 0. The summed E-state index contributed by atoms with van der Waals surface area (Å²) < 4.78 is 0. The fourth-order valence-electron chi connectivity index (χ4n) is 3.39. The van der Waals surface area contributed by atoms with Gasteiger partial charge in [-0.2, -0.15) is 0 Å². The van der Waals surface area contributed by atoms with Gasteiger partial charge in [-0.1, -0.05) is 25.7 Å². The molecule has 0 spiro atoms. The number of hydrogen-bond acceptors (Lipinski definition) is 3. The highest BCUT2D eigenvalue weighted by Crippen LogP contribution is 2.36. The number of rotatable bonds is 2. The van der Waals surface area contributed by atoms with E-state index in [0.717, 1.165) is 45.1 Å². The first-order valence-corrected chi connectivity index (χ1v) is 7.35. The van der Waals surface area contributed by atoms with E-state index in [9.17, 15) is 9.90 Å². The summed E-state index contributed by atoms with van der Waals surface area (Å²) in [6, 6.07) is 0. The lowest BCUT2D eigenvalue weighted by molar-refractivity contribution is -0.145. The predicted octanol–water partition coefficient (Wildman–Crippen LogP) is 1.27. The number of nitrogens with zero attached hydrogens (tertiary/aromatic N) is 1. The standard InChI is InChI=1S/C14H26N2O2/c15-11-14(7-3-1-2-4-8-14)13(18)16-9-5-6-12(17)10-16/h12,17H,1-11,15H2. The van der Waals surface area contributed by atoms with Crippen molar-refractivity contribution in [3.63, 3.8) is 0 Å². The minimum Gasteiger partial charge on any atom is -0.391 e. The highest BCUT2D eigenvalue weighted by atomic mass is 16.3. The third-order valence-corrected chi connectivity index (χ3v) is 4.59. The van der Waals surface area contributed by atoms with Gasteiger partial charge >= 0.3 is 0 Å². The third-order valence-electron chi connectivity index (χ3n) is 4.59. The van der Waals surface area contributed by atoms with Crippen molar-refractivity contribution in [1.29, 1.82) is 0 Å². The molecule has 0 radical (unpaired) electrons. The SMILES string of the molecule is NCC1(C(=O)N2CCCC(O)C2)CCCCCC1. The number of hydrogen-bond donors (Lipinski definition) is 2. The van der Waals surface area contributed by atoms with E-state index in [0.29, 0.717) is 13.1 Å². The number of aliphatic hydroxyl groups is 1. The highest BCUT2D eigenvalue weighted by Gasteiger charge is 2.40. The first-order chi connectivity index (χ1) is 8.68. The molecule has 4 heteroatoms. The fraction of sp³-hybridized carbons (Fsp3) is 0.929. The van der Waals surface area contributed by atoms with E-state index in [1.165, 1.54) is 12.8 Å². The number of aliphatic hydroxyl groups excluding tert-OH is 1. The van der Waals surface area contributed by atoms with Crippen molar-refractivity contribution in [3.8, 4) is 0 Å². The molecule has 1 heterocycles. The van der Waals surface area contributed by atoms with Crippen LogP contribution in [0.5, 0.6) is 0 Å². The molecule has 3 N–H and O–H groups in total. The van der Waals surface area contributed by atoms with Crippen LogP contribution in [0.3, 0.4) is 0 Å². The van der Waals surface area contributed by atoms with E-state index in [-0.39, 0.29) is 17.4 Å². The van der Waals surface area contributed by atoms with Crippen molar-refractivity contribution in [1.82, 2.24) is 4.90 Å². The second kappa shape index (κ2) is 6.02. The number of nitrogens with two attached hydrogens (primary N) is 1. The molecule has 0 aromatic heterocycles. The summed E-state index contributed by atoms with van der Waals surface area (Å²) in [6.45, 7) is 1.75. The molecule has 1 amide bonds. The molecule has 1 unspecified atom stereocenters. The third kappa shape index (κ3) is 2.86. The van der Waals surface area contributed by atoms with Crippen LogP contribution < -0.4 is 5.73 Å². The lowest BCUT2D eigenvalue weighted by Gasteiger charge is -2.39. The van der Waals surface area contributed by atoms with E-state index in [2.05, 4.69) is 0 Å². The number of likely N-dealkylation sites (tertiary alicyclic amines) is 1. The molecule has 1 saturated carbocycles. The molecule has 0 bridgehead atoms. The Kier molecular flexibility index (Phi) is 4.62. The van der Waals surface area contributed by atoms with Gasteiger partial charge in [0, 0.05) is 19.6 Å². The molecule has 2 fully saturated rings. The minimum atomic E-state index is -0.344. The van der Waals surface area contributed by atoms with Gasteiger partial charge in [0.25, 0.3) is 0 Å². The zero-order chi connectivity index (χ0) is 13.0. The Morgan fingerprint density at radius 2 is 1.89 bits per heavy atom. The summed E-state index contributed by atoms with van der Waals surface area (Å²) in [5, 5.41) is 9.71. The van der Waals surface area contributed by atoms with E-state index < -0.39 is 0 Å². The molecular formula is C14H26N2O2. The largest absolute Gasteiger partial charge is 0.391 e. The molecule has 2 aliphatic rings. The Morgan fingerprint density at radius 3 is 2.44 bits per heavy atom. The van der Waals surface area contributed by atoms with Crippen molar-refractivity contribution < 1.29 is 9.90 Å². The van der Waals surface area contributed by atoms with Crippen LogP contribution >= 0.6 is 0 Å². The van der Waals surface area contributed by atoms with E-state index >= 15 is 0 Å². The van der Waals surface area contributed by atoms with Gasteiger partial charge in [0.1, 0.15) is 0 Å². The summed E-state index contributed by atoms with van der Waals surface area (Å²) in [7, 11) is 0. The van der Waals surface area contributed by atoms with Crippen LogP contribution in [0.15, 0.2) is 0 Å². The predicted molar refractivity (Wildman–Crippen MR) is 71.0 cm³/mol. The second-order valence-corrected chi connectivity index (χ2v) is 5.95. The summed E-state index contributed by atoms with van der Waals surface area (Å²) in [5.41, 5.74) is 5.60. The second-order valence-electron chi connectivity index (χ2n) is 5.95. The van der Waals surface area contributed by atoms with Crippen molar-refractivity contribution in [2.24, 2.45) is 11.1 Å². The van der Waals surface area contributed by atoms with Gasteiger partial charge in [0.2, 0.25) is 5.91 Å². The Morgan fingerprint density at radius 1 is 1.22 bits per heavy atom. The van der Waals surface area contributed by atoms with Gasteiger partial charge in [-0.25, -0.2) is 0 Å². The van der Waals surface area contributed by atoms with Gasteiger partial charge < -0.3 is 15.7 Å². The molecule has 18 heavy (non-hydrogen) atoms. The van der Waals surface area contributed by atoms with Crippen molar-refractivity contribution in [3.05, 3.63) is 0 Å². The van der Waals surface area contributed by atoms with E-state index in [1.807, 2.05) is 4.90 Å². The molecule has 0 aromatic carbocycles. The Balaban J connectivity index is 2.07.